The minimum atomic E-state index is -3.49. The van der Waals surface area contributed by atoms with E-state index in [1.165, 1.54) is 0 Å². The molecule has 0 radical (unpaired) electrons. The Morgan fingerprint density at radius 3 is 2.65 bits per heavy atom. The Hall–Kier alpha value is -0.820. The average molecular weight is 338 g/mol. The predicted molar refractivity (Wildman–Crippen MR) is 77.7 cm³/mol. The van der Waals surface area contributed by atoms with Crippen LogP contribution >= 0.6 is 23.2 Å². The number of benzene rings is 1. The molecule has 110 valence electrons. The van der Waals surface area contributed by atoms with Gasteiger partial charge in [0.15, 0.2) is 0 Å². The molecular weight excluding hydrogens is 325 g/mol. The van der Waals surface area contributed by atoms with E-state index in [0.717, 1.165) is 6.26 Å². The van der Waals surface area contributed by atoms with E-state index >= 15 is 0 Å². The van der Waals surface area contributed by atoms with Gasteiger partial charge in [-0.25, -0.2) is 0 Å². The van der Waals surface area contributed by atoms with Crippen LogP contribution < -0.4 is 4.90 Å². The molecule has 0 bridgehead atoms. The molecule has 1 unspecified atom stereocenters. The van der Waals surface area contributed by atoms with Crippen molar-refractivity contribution < 1.29 is 17.4 Å². The molecule has 0 aromatic heterocycles. The highest BCUT2D eigenvalue weighted by Crippen LogP contribution is 2.31. The van der Waals surface area contributed by atoms with Crippen LogP contribution in [0.2, 0.25) is 10.0 Å². The fraction of sp³-hybridized carbons (Fsp3) is 0.417. The lowest BCUT2D eigenvalue weighted by atomic mass is 10.1. The first kappa shape index (κ1) is 15.6. The summed E-state index contributed by atoms with van der Waals surface area (Å²) in [5.41, 5.74) is 0.645. The molecular formula is C12H13Cl2NO4S. The summed E-state index contributed by atoms with van der Waals surface area (Å²) in [5, 5.41) is 0.784. The first-order valence-electron chi connectivity index (χ1n) is 5.86. The van der Waals surface area contributed by atoms with Crippen molar-refractivity contribution in [2.45, 2.75) is 6.42 Å². The number of anilines is 1. The number of carbonyl (C=O) groups excluding carboxylic acids is 1. The van der Waals surface area contributed by atoms with Crippen molar-refractivity contribution in [3.63, 3.8) is 0 Å². The van der Waals surface area contributed by atoms with Gasteiger partial charge in [0.05, 0.1) is 22.9 Å². The predicted octanol–water partition coefficient (Wildman–Crippen LogP) is 2.32. The number of halogens is 2. The van der Waals surface area contributed by atoms with E-state index in [2.05, 4.69) is 0 Å². The Morgan fingerprint density at radius 2 is 2.05 bits per heavy atom. The molecule has 1 amide bonds. The highest BCUT2D eigenvalue weighted by Gasteiger charge is 2.31. The summed E-state index contributed by atoms with van der Waals surface area (Å²) < 4.78 is 26.6. The number of nitrogens with zero attached hydrogens (tertiary/aromatic N) is 1. The Bertz CT molecular complexity index is 632. The summed E-state index contributed by atoms with van der Waals surface area (Å²) >= 11 is 11.8. The number of amides is 1. The molecule has 1 aliphatic heterocycles. The molecule has 1 atom stereocenters. The topological polar surface area (TPSA) is 63.7 Å². The molecule has 1 aliphatic rings. The average Bonchev–Trinajstić information content (AvgIpc) is 2.71. The molecule has 0 saturated carbocycles. The van der Waals surface area contributed by atoms with Crippen molar-refractivity contribution in [3.05, 3.63) is 28.2 Å². The van der Waals surface area contributed by atoms with Gasteiger partial charge in [0, 0.05) is 24.6 Å². The van der Waals surface area contributed by atoms with E-state index in [1.54, 1.807) is 23.1 Å². The van der Waals surface area contributed by atoms with Gasteiger partial charge in [0.2, 0.25) is 5.91 Å². The van der Waals surface area contributed by atoms with Crippen LogP contribution in [0.3, 0.4) is 0 Å². The lowest BCUT2D eigenvalue weighted by molar-refractivity contribution is -0.117. The van der Waals surface area contributed by atoms with E-state index in [0.29, 0.717) is 22.3 Å². The maximum atomic E-state index is 12.0. The third-order valence-corrected chi connectivity index (χ3v) is 4.24. The molecule has 1 heterocycles. The smallest absolute Gasteiger partial charge is 0.264 e. The van der Waals surface area contributed by atoms with Gasteiger partial charge in [-0.2, -0.15) is 8.42 Å². The minimum Gasteiger partial charge on any atom is -0.312 e. The van der Waals surface area contributed by atoms with Crippen molar-refractivity contribution >= 4 is 44.9 Å². The molecule has 20 heavy (non-hydrogen) atoms. The summed E-state index contributed by atoms with van der Waals surface area (Å²) in [6, 6.07) is 4.93. The molecule has 8 heteroatoms. The Labute approximate surface area is 127 Å². The minimum absolute atomic E-state index is 0.00238. The Balaban J connectivity index is 2.07. The largest absolute Gasteiger partial charge is 0.312 e. The highest BCUT2D eigenvalue weighted by atomic mass is 35.5. The second-order valence-corrected chi connectivity index (χ2v) is 7.12. The van der Waals surface area contributed by atoms with E-state index < -0.39 is 10.1 Å². The summed E-state index contributed by atoms with van der Waals surface area (Å²) in [6.07, 6.45) is 1.23. The molecule has 2 rings (SSSR count). The fourth-order valence-electron chi connectivity index (χ4n) is 2.02. The van der Waals surface area contributed by atoms with E-state index in [4.69, 9.17) is 27.4 Å². The molecule has 1 aromatic carbocycles. The van der Waals surface area contributed by atoms with Gasteiger partial charge >= 0.3 is 0 Å². The van der Waals surface area contributed by atoms with E-state index in [-0.39, 0.29) is 24.9 Å². The van der Waals surface area contributed by atoms with Crippen molar-refractivity contribution in [3.8, 4) is 0 Å². The van der Waals surface area contributed by atoms with Gasteiger partial charge in [-0.05, 0) is 18.2 Å². The van der Waals surface area contributed by atoms with Crippen molar-refractivity contribution in [1.82, 2.24) is 0 Å². The monoisotopic (exact) mass is 337 g/mol. The van der Waals surface area contributed by atoms with Crippen LogP contribution in [0.25, 0.3) is 0 Å². The first-order chi connectivity index (χ1) is 9.26. The van der Waals surface area contributed by atoms with Crippen molar-refractivity contribution in [1.29, 1.82) is 0 Å². The van der Waals surface area contributed by atoms with Gasteiger partial charge in [-0.1, -0.05) is 23.2 Å². The van der Waals surface area contributed by atoms with Crippen molar-refractivity contribution in [2.24, 2.45) is 5.92 Å². The van der Waals surface area contributed by atoms with Gasteiger partial charge in [0.1, 0.15) is 0 Å². The molecule has 1 fully saturated rings. The summed E-state index contributed by atoms with van der Waals surface area (Å²) in [7, 11) is -3.49. The lowest BCUT2D eigenvalue weighted by Gasteiger charge is -2.17. The van der Waals surface area contributed by atoms with Crippen LogP contribution in [0, 0.1) is 5.92 Å². The molecule has 1 saturated heterocycles. The third-order valence-electron chi connectivity index (χ3n) is 2.94. The SMILES string of the molecule is CS(=O)(=O)OCC1CC(=O)N(c2ccc(Cl)c(Cl)c2)C1. The number of hydrogen-bond donors (Lipinski definition) is 0. The third kappa shape index (κ3) is 3.85. The zero-order valence-electron chi connectivity index (χ0n) is 10.7. The highest BCUT2D eigenvalue weighted by molar-refractivity contribution is 7.85. The van der Waals surface area contributed by atoms with Gasteiger partial charge in [-0.15, -0.1) is 0 Å². The summed E-state index contributed by atoms with van der Waals surface area (Å²) in [4.78, 5) is 13.5. The Kier molecular flexibility index (Phi) is 4.59. The maximum Gasteiger partial charge on any atom is 0.264 e. The molecule has 0 spiro atoms. The van der Waals surface area contributed by atoms with Crippen LogP contribution in [-0.2, 0) is 19.1 Å². The quantitative estimate of drug-likeness (QED) is 0.791. The maximum absolute atomic E-state index is 12.0. The standard InChI is InChI=1S/C12H13Cl2NO4S/c1-20(17,18)19-7-8-4-12(16)15(6-8)9-2-3-10(13)11(14)5-9/h2-3,5,8H,4,6-7H2,1H3. The van der Waals surface area contributed by atoms with Crippen LogP contribution in [0.5, 0.6) is 0 Å². The molecule has 0 N–H and O–H groups in total. The Morgan fingerprint density at radius 1 is 1.35 bits per heavy atom. The number of carbonyl (C=O) groups is 1. The number of rotatable bonds is 4. The zero-order valence-corrected chi connectivity index (χ0v) is 13.0. The fourth-order valence-corrected chi connectivity index (χ4v) is 2.75. The van der Waals surface area contributed by atoms with Crippen LogP contribution in [-0.4, -0.2) is 33.7 Å². The van der Waals surface area contributed by atoms with Crippen molar-refractivity contribution in [2.75, 3.05) is 24.3 Å². The summed E-state index contributed by atoms with van der Waals surface area (Å²) in [5.74, 6) is -0.253. The normalized spacial score (nSPS) is 19.6. The van der Waals surface area contributed by atoms with E-state index in [1.807, 2.05) is 0 Å². The second kappa shape index (κ2) is 5.89. The van der Waals surface area contributed by atoms with E-state index in [9.17, 15) is 13.2 Å². The lowest BCUT2D eigenvalue weighted by Crippen LogP contribution is -2.25. The van der Waals surface area contributed by atoms with Gasteiger partial charge in [-0.3, -0.25) is 8.98 Å². The van der Waals surface area contributed by atoms with Crippen LogP contribution in [0.15, 0.2) is 18.2 Å². The second-order valence-electron chi connectivity index (χ2n) is 4.66. The number of hydrogen-bond acceptors (Lipinski definition) is 4. The zero-order chi connectivity index (χ0) is 14.9. The summed E-state index contributed by atoms with van der Waals surface area (Å²) in [6.45, 7) is 0.398. The molecule has 0 aliphatic carbocycles. The van der Waals surface area contributed by atoms with Crippen LogP contribution in [0.4, 0.5) is 5.69 Å². The molecule has 1 aromatic rings. The van der Waals surface area contributed by atoms with Crippen LogP contribution in [0.1, 0.15) is 6.42 Å². The van der Waals surface area contributed by atoms with Gasteiger partial charge in [0.25, 0.3) is 10.1 Å². The first-order valence-corrected chi connectivity index (χ1v) is 8.43. The molecule has 5 nitrogen and oxygen atoms in total. The van der Waals surface area contributed by atoms with Gasteiger partial charge < -0.3 is 4.90 Å².